The lowest BCUT2D eigenvalue weighted by Gasteiger charge is -2.30. The molecular weight excluding hydrogens is 254 g/mol. The predicted octanol–water partition coefficient (Wildman–Crippen LogP) is 2.02. The monoisotopic (exact) mass is 277 g/mol. The van der Waals surface area contributed by atoms with E-state index in [9.17, 15) is 0 Å². The van der Waals surface area contributed by atoms with Crippen molar-refractivity contribution in [2.45, 2.75) is 26.3 Å². The van der Waals surface area contributed by atoms with Gasteiger partial charge in [0.25, 0.3) is 0 Å². The number of nitrogens with zero attached hydrogens (tertiary/aromatic N) is 2. The average molecular weight is 277 g/mol. The van der Waals surface area contributed by atoms with Gasteiger partial charge < -0.3 is 15.7 Å². The number of benzene rings is 1. The van der Waals surface area contributed by atoms with Gasteiger partial charge in [0.05, 0.1) is 12.7 Å². The van der Waals surface area contributed by atoms with Crippen molar-refractivity contribution in [3.8, 4) is 5.75 Å². The van der Waals surface area contributed by atoms with Gasteiger partial charge in [-0.2, -0.15) is 0 Å². The smallest absolute Gasteiger partial charge is 0.173 e. The van der Waals surface area contributed by atoms with Crippen molar-refractivity contribution in [2.75, 3.05) is 20.2 Å². The van der Waals surface area contributed by atoms with E-state index in [4.69, 9.17) is 15.7 Å². The summed E-state index contributed by atoms with van der Waals surface area (Å²) in [6, 6.07) is 5.81. The maximum Gasteiger partial charge on any atom is 0.173 e. The van der Waals surface area contributed by atoms with Gasteiger partial charge in [-0.15, -0.1) is 0 Å². The summed E-state index contributed by atoms with van der Waals surface area (Å²) >= 11 is 0. The fourth-order valence-electron chi connectivity index (χ4n) is 2.58. The van der Waals surface area contributed by atoms with E-state index in [0.717, 1.165) is 25.6 Å². The minimum absolute atomic E-state index is 0.0696. The van der Waals surface area contributed by atoms with Crippen molar-refractivity contribution in [1.82, 2.24) is 4.90 Å². The average Bonchev–Trinajstić information content (AvgIpc) is 2.48. The number of rotatable bonds is 4. The zero-order chi connectivity index (χ0) is 14.5. The fourth-order valence-corrected chi connectivity index (χ4v) is 2.58. The normalized spacial score (nSPS) is 18.2. The number of amidine groups is 1. The molecule has 0 aromatic heterocycles. The number of nitrogens with two attached hydrogens (primary N) is 1. The molecule has 1 aliphatic heterocycles. The quantitative estimate of drug-likeness (QED) is 0.382. The van der Waals surface area contributed by atoms with Crippen molar-refractivity contribution < 1.29 is 9.94 Å². The molecule has 20 heavy (non-hydrogen) atoms. The third kappa shape index (κ3) is 3.42. The summed E-state index contributed by atoms with van der Waals surface area (Å²) in [5, 5.41) is 11.8. The highest BCUT2D eigenvalue weighted by atomic mass is 16.5. The number of ether oxygens (including phenoxy) is 1. The topological polar surface area (TPSA) is 71.1 Å². The molecule has 0 unspecified atom stereocenters. The van der Waals surface area contributed by atoms with Crippen LogP contribution >= 0.6 is 0 Å². The molecule has 0 radical (unpaired) electrons. The van der Waals surface area contributed by atoms with E-state index >= 15 is 0 Å². The first-order valence-corrected chi connectivity index (χ1v) is 7.01. The van der Waals surface area contributed by atoms with Gasteiger partial charge in [-0.05, 0) is 49.5 Å². The standard InChI is InChI=1S/C15H23N3O2/c1-11-5-7-18(8-6-11)10-12-3-4-13(15(16)17-19)14(9-12)20-2/h3-4,9,11,19H,5-8,10H2,1-2H3,(H2,16,17). The fraction of sp³-hybridized carbons (Fsp3) is 0.533. The van der Waals surface area contributed by atoms with Gasteiger partial charge >= 0.3 is 0 Å². The number of methoxy groups -OCH3 is 1. The van der Waals surface area contributed by atoms with Crippen LogP contribution in [0.3, 0.4) is 0 Å². The van der Waals surface area contributed by atoms with Crippen molar-refractivity contribution >= 4 is 5.84 Å². The molecule has 1 saturated heterocycles. The molecule has 0 aliphatic carbocycles. The Hall–Kier alpha value is -1.75. The Kier molecular flexibility index (Phi) is 4.84. The van der Waals surface area contributed by atoms with Crippen molar-refractivity contribution in [2.24, 2.45) is 16.8 Å². The number of oxime groups is 1. The zero-order valence-electron chi connectivity index (χ0n) is 12.2. The Morgan fingerprint density at radius 2 is 2.15 bits per heavy atom. The van der Waals surface area contributed by atoms with E-state index in [0.29, 0.717) is 11.3 Å². The molecule has 0 amide bonds. The SMILES string of the molecule is COc1cc(CN2CCC(C)CC2)ccc1/C(N)=N/O. The summed E-state index contributed by atoms with van der Waals surface area (Å²) in [5.41, 5.74) is 7.43. The summed E-state index contributed by atoms with van der Waals surface area (Å²) in [4.78, 5) is 2.46. The molecule has 1 aromatic rings. The Balaban J connectivity index is 2.10. The summed E-state index contributed by atoms with van der Waals surface area (Å²) in [5.74, 6) is 1.55. The number of hydrogen-bond donors (Lipinski definition) is 2. The molecule has 0 saturated carbocycles. The summed E-state index contributed by atoms with van der Waals surface area (Å²) in [6.45, 7) is 5.52. The third-order valence-corrected chi connectivity index (χ3v) is 3.93. The van der Waals surface area contributed by atoms with Gasteiger partial charge in [-0.25, -0.2) is 0 Å². The number of likely N-dealkylation sites (tertiary alicyclic amines) is 1. The van der Waals surface area contributed by atoms with Crippen LogP contribution in [0.15, 0.2) is 23.4 Å². The Morgan fingerprint density at radius 3 is 2.75 bits per heavy atom. The second-order valence-electron chi connectivity index (χ2n) is 5.48. The largest absolute Gasteiger partial charge is 0.496 e. The molecule has 2 rings (SSSR count). The van der Waals surface area contributed by atoms with Crippen molar-refractivity contribution in [1.29, 1.82) is 0 Å². The minimum Gasteiger partial charge on any atom is -0.496 e. The van der Waals surface area contributed by atoms with Crippen LogP contribution in [0.5, 0.6) is 5.75 Å². The van der Waals surface area contributed by atoms with Gasteiger partial charge in [-0.3, -0.25) is 4.90 Å². The second kappa shape index (κ2) is 6.61. The molecule has 1 fully saturated rings. The summed E-state index contributed by atoms with van der Waals surface area (Å²) in [6.07, 6.45) is 2.53. The van der Waals surface area contributed by atoms with Gasteiger partial charge in [0, 0.05) is 6.54 Å². The van der Waals surface area contributed by atoms with Gasteiger partial charge in [0.15, 0.2) is 5.84 Å². The van der Waals surface area contributed by atoms with Crippen LogP contribution in [0.4, 0.5) is 0 Å². The highest BCUT2D eigenvalue weighted by Crippen LogP contribution is 2.23. The molecule has 1 aliphatic rings. The lowest BCUT2D eigenvalue weighted by atomic mass is 9.98. The molecule has 3 N–H and O–H groups in total. The van der Waals surface area contributed by atoms with Crippen LogP contribution in [0, 0.1) is 5.92 Å². The molecule has 0 spiro atoms. The first-order chi connectivity index (χ1) is 9.63. The highest BCUT2D eigenvalue weighted by molar-refractivity contribution is 5.99. The molecule has 1 aromatic carbocycles. The van der Waals surface area contributed by atoms with Crippen LogP contribution in [0.2, 0.25) is 0 Å². The Bertz CT molecular complexity index is 480. The van der Waals surface area contributed by atoms with Crippen LogP contribution in [0.25, 0.3) is 0 Å². The molecule has 0 atom stereocenters. The molecule has 0 bridgehead atoms. The second-order valence-corrected chi connectivity index (χ2v) is 5.48. The van der Waals surface area contributed by atoms with E-state index < -0.39 is 0 Å². The van der Waals surface area contributed by atoms with E-state index in [1.54, 1.807) is 7.11 Å². The van der Waals surface area contributed by atoms with Crippen LogP contribution in [-0.4, -0.2) is 36.1 Å². The highest BCUT2D eigenvalue weighted by Gasteiger charge is 2.16. The molecule has 5 heteroatoms. The van der Waals surface area contributed by atoms with Crippen molar-refractivity contribution in [3.05, 3.63) is 29.3 Å². The van der Waals surface area contributed by atoms with E-state index in [1.807, 2.05) is 18.2 Å². The first-order valence-electron chi connectivity index (χ1n) is 7.01. The molecule has 5 nitrogen and oxygen atoms in total. The van der Waals surface area contributed by atoms with Crippen LogP contribution in [0.1, 0.15) is 30.9 Å². The van der Waals surface area contributed by atoms with E-state index in [-0.39, 0.29) is 5.84 Å². The lowest BCUT2D eigenvalue weighted by molar-refractivity contribution is 0.185. The maximum atomic E-state index is 8.76. The summed E-state index contributed by atoms with van der Waals surface area (Å²) < 4.78 is 5.32. The number of piperidine rings is 1. The maximum absolute atomic E-state index is 8.76. The van der Waals surface area contributed by atoms with Crippen molar-refractivity contribution in [3.63, 3.8) is 0 Å². The van der Waals surface area contributed by atoms with E-state index in [1.165, 1.54) is 18.4 Å². The molecular formula is C15H23N3O2. The minimum atomic E-state index is 0.0696. The van der Waals surface area contributed by atoms with E-state index in [2.05, 4.69) is 17.0 Å². The predicted molar refractivity (Wildman–Crippen MR) is 79.2 cm³/mol. The van der Waals surface area contributed by atoms with Gasteiger partial charge in [-0.1, -0.05) is 18.1 Å². The summed E-state index contributed by atoms with van der Waals surface area (Å²) in [7, 11) is 1.59. The Labute approximate surface area is 120 Å². The lowest BCUT2D eigenvalue weighted by Crippen LogP contribution is -2.32. The number of hydrogen-bond acceptors (Lipinski definition) is 4. The first kappa shape index (κ1) is 14.7. The molecule has 110 valence electrons. The Morgan fingerprint density at radius 1 is 1.45 bits per heavy atom. The molecule has 1 heterocycles. The van der Waals surface area contributed by atoms with Crippen LogP contribution < -0.4 is 10.5 Å². The van der Waals surface area contributed by atoms with Gasteiger partial charge in [0.1, 0.15) is 5.75 Å². The van der Waals surface area contributed by atoms with Crippen LogP contribution in [-0.2, 0) is 6.54 Å². The van der Waals surface area contributed by atoms with Gasteiger partial charge in [0.2, 0.25) is 0 Å². The zero-order valence-corrected chi connectivity index (χ0v) is 12.2. The third-order valence-electron chi connectivity index (χ3n) is 3.93.